The summed E-state index contributed by atoms with van der Waals surface area (Å²) in [5.74, 6) is 0.799. The van der Waals surface area contributed by atoms with Crippen LogP contribution in [0.3, 0.4) is 0 Å². The lowest BCUT2D eigenvalue weighted by Crippen LogP contribution is -2.12. The van der Waals surface area contributed by atoms with Crippen LogP contribution in [0, 0.1) is 0 Å². The van der Waals surface area contributed by atoms with Gasteiger partial charge in [-0.15, -0.1) is 0 Å². The first-order valence-corrected chi connectivity index (χ1v) is 8.26. The summed E-state index contributed by atoms with van der Waals surface area (Å²) in [7, 11) is 1.71. The zero-order valence-corrected chi connectivity index (χ0v) is 13.0. The molecular formula is C17H22N4O. The molecule has 0 aromatic carbocycles. The van der Waals surface area contributed by atoms with Gasteiger partial charge in [0, 0.05) is 17.8 Å². The van der Waals surface area contributed by atoms with Gasteiger partial charge in [0.15, 0.2) is 5.65 Å². The van der Waals surface area contributed by atoms with Crippen molar-refractivity contribution in [2.24, 2.45) is 0 Å². The number of methoxy groups -OCH3 is 1. The monoisotopic (exact) mass is 298 g/mol. The molecule has 3 heterocycles. The highest BCUT2D eigenvalue weighted by Gasteiger charge is 2.20. The van der Waals surface area contributed by atoms with Crippen molar-refractivity contribution in [2.45, 2.75) is 51.0 Å². The minimum absolute atomic E-state index is 0.507. The number of aromatic nitrogens is 4. The van der Waals surface area contributed by atoms with E-state index in [1.807, 2.05) is 12.4 Å². The molecule has 3 aromatic rings. The molecule has 0 unspecified atom stereocenters. The maximum atomic E-state index is 5.54. The van der Waals surface area contributed by atoms with E-state index in [1.165, 1.54) is 50.5 Å². The zero-order valence-electron chi connectivity index (χ0n) is 13.0. The Morgan fingerprint density at radius 3 is 2.64 bits per heavy atom. The normalized spacial score (nSPS) is 17.7. The number of hydrogen-bond acceptors (Lipinski definition) is 3. The van der Waals surface area contributed by atoms with Crippen LogP contribution in [0.1, 0.15) is 51.0 Å². The zero-order chi connectivity index (χ0) is 14.9. The van der Waals surface area contributed by atoms with Gasteiger partial charge in [-0.1, -0.05) is 32.1 Å². The molecule has 22 heavy (non-hydrogen) atoms. The Hall–Kier alpha value is -2.04. The number of fused-ring (bicyclic) bond motifs is 3. The minimum Gasteiger partial charge on any atom is -0.481 e. The summed E-state index contributed by atoms with van der Waals surface area (Å²) in [5.41, 5.74) is 2.00. The third kappa shape index (κ3) is 2.16. The molecule has 1 aliphatic rings. The van der Waals surface area contributed by atoms with Crippen molar-refractivity contribution < 1.29 is 4.74 Å². The molecule has 5 nitrogen and oxygen atoms in total. The van der Waals surface area contributed by atoms with Gasteiger partial charge in [0.2, 0.25) is 5.88 Å². The van der Waals surface area contributed by atoms with Crippen molar-refractivity contribution in [1.29, 1.82) is 0 Å². The third-order valence-corrected chi connectivity index (χ3v) is 4.86. The van der Waals surface area contributed by atoms with Crippen LogP contribution in [0.15, 0.2) is 18.5 Å². The molecule has 5 heteroatoms. The molecule has 0 aliphatic heterocycles. The topological polar surface area (TPSA) is 55.7 Å². The molecule has 0 spiro atoms. The number of hydrogen-bond donors (Lipinski definition) is 1. The molecule has 0 atom stereocenters. The van der Waals surface area contributed by atoms with Gasteiger partial charge in [0.1, 0.15) is 0 Å². The van der Waals surface area contributed by atoms with Crippen LogP contribution < -0.4 is 4.74 Å². The first kappa shape index (κ1) is 13.6. The van der Waals surface area contributed by atoms with Crippen LogP contribution in [0.4, 0.5) is 0 Å². The molecule has 0 saturated heterocycles. The van der Waals surface area contributed by atoms with Gasteiger partial charge in [0.25, 0.3) is 0 Å². The van der Waals surface area contributed by atoms with Crippen molar-refractivity contribution >= 4 is 21.9 Å². The predicted molar refractivity (Wildman–Crippen MR) is 87.3 cm³/mol. The van der Waals surface area contributed by atoms with Gasteiger partial charge in [-0.2, -0.15) is 0 Å². The summed E-state index contributed by atoms with van der Waals surface area (Å²) in [6.07, 6.45) is 12.8. The maximum Gasteiger partial charge on any atom is 0.216 e. The number of nitrogens with one attached hydrogen (secondary N) is 1. The van der Waals surface area contributed by atoms with Crippen LogP contribution >= 0.6 is 0 Å². The SMILES string of the molecule is COc1[nH]n(C2CCCCCCC2)c2c1cnc1nccc12. The summed E-state index contributed by atoms with van der Waals surface area (Å²) in [6, 6.07) is 2.56. The van der Waals surface area contributed by atoms with Crippen molar-refractivity contribution in [2.75, 3.05) is 7.11 Å². The van der Waals surface area contributed by atoms with E-state index in [1.54, 1.807) is 7.11 Å². The first-order chi connectivity index (χ1) is 10.9. The molecular weight excluding hydrogens is 276 g/mol. The van der Waals surface area contributed by atoms with Crippen LogP contribution in [0.25, 0.3) is 21.9 Å². The van der Waals surface area contributed by atoms with E-state index in [2.05, 4.69) is 25.8 Å². The average molecular weight is 298 g/mol. The van der Waals surface area contributed by atoms with Crippen LogP contribution in [0.5, 0.6) is 5.88 Å². The molecule has 116 valence electrons. The number of nitrogens with zero attached hydrogens (tertiary/aromatic N) is 3. The van der Waals surface area contributed by atoms with Crippen molar-refractivity contribution in [3.63, 3.8) is 0 Å². The van der Waals surface area contributed by atoms with E-state index < -0.39 is 0 Å². The lowest BCUT2D eigenvalue weighted by Gasteiger charge is -2.22. The number of ether oxygens (including phenoxy) is 1. The van der Waals surface area contributed by atoms with E-state index in [4.69, 9.17) is 4.74 Å². The highest BCUT2D eigenvalue weighted by Crippen LogP contribution is 2.35. The number of aromatic amines is 1. The fourth-order valence-electron chi connectivity index (χ4n) is 3.72. The Kier molecular flexibility index (Phi) is 3.48. The molecule has 0 amide bonds. The van der Waals surface area contributed by atoms with E-state index in [9.17, 15) is 0 Å². The van der Waals surface area contributed by atoms with Crippen LogP contribution in [-0.2, 0) is 0 Å². The number of rotatable bonds is 2. The van der Waals surface area contributed by atoms with E-state index in [0.717, 1.165) is 22.3 Å². The van der Waals surface area contributed by atoms with Gasteiger partial charge >= 0.3 is 0 Å². The van der Waals surface area contributed by atoms with E-state index in [-0.39, 0.29) is 0 Å². The van der Waals surface area contributed by atoms with Gasteiger partial charge in [0.05, 0.1) is 24.1 Å². The lowest BCUT2D eigenvalue weighted by atomic mass is 9.96. The van der Waals surface area contributed by atoms with Crippen molar-refractivity contribution in [3.05, 3.63) is 18.5 Å². The molecule has 4 rings (SSSR count). The number of pyridine rings is 1. The molecule has 1 aliphatic carbocycles. The molecule has 1 fully saturated rings. The van der Waals surface area contributed by atoms with Gasteiger partial charge in [-0.25, -0.2) is 9.97 Å². The largest absolute Gasteiger partial charge is 0.481 e. The Morgan fingerprint density at radius 1 is 1.09 bits per heavy atom. The third-order valence-electron chi connectivity index (χ3n) is 4.86. The molecule has 1 saturated carbocycles. The summed E-state index contributed by atoms with van der Waals surface area (Å²) in [6.45, 7) is 0. The standard InChI is InChI=1S/C17H22N4O/c1-22-17-14-11-19-16-13(9-10-18-16)15(14)21(20-17)12-7-5-3-2-4-6-8-12/h9-12,20H,2-8H2,1H3. The number of H-pyrrole nitrogens is 1. The second kappa shape index (κ2) is 5.63. The second-order valence-electron chi connectivity index (χ2n) is 6.22. The highest BCUT2D eigenvalue weighted by atomic mass is 16.5. The van der Waals surface area contributed by atoms with Crippen LogP contribution in [0.2, 0.25) is 0 Å². The second-order valence-corrected chi connectivity index (χ2v) is 6.22. The molecule has 3 aromatic heterocycles. The Labute approximate surface area is 129 Å². The van der Waals surface area contributed by atoms with Gasteiger partial charge < -0.3 is 4.74 Å². The predicted octanol–water partition coefficient (Wildman–Crippen LogP) is 4.21. The molecule has 1 N–H and O–H groups in total. The first-order valence-electron chi connectivity index (χ1n) is 8.26. The highest BCUT2D eigenvalue weighted by molar-refractivity contribution is 6.04. The Morgan fingerprint density at radius 2 is 1.86 bits per heavy atom. The molecule has 0 bridgehead atoms. The quantitative estimate of drug-likeness (QED) is 0.771. The van der Waals surface area contributed by atoms with Crippen molar-refractivity contribution in [1.82, 2.24) is 19.7 Å². The van der Waals surface area contributed by atoms with Crippen molar-refractivity contribution in [3.8, 4) is 5.88 Å². The summed E-state index contributed by atoms with van der Waals surface area (Å²) in [4.78, 5) is 8.79. The minimum atomic E-state index is 0.507. The van der Waals surface area contributed by atoms with Gasteiger partial charge in [-0.3, -0.25) is 9.78 Å². The summed E-state index contributed by atoms with van der Waals surface area (Å²) >= 11 is 0. The smallest absolute Gasteiger partial charge is 0.216 e. The van der Waals surface area contributed by atoms with Crippen LogP contribution in [-0.4, -0.2) is 26.9 Å². The van der Waals surface area contributed by atoms with E-state index in [0.29, 0.717) is 6.04 Å². The van der Waals surface area contributed by atoms with E-state index >= 15 is 0 Å². The molecule has 0 radical (unpaired) electrons. The average Bonchev–Trinajstić information content (AvgIpc) is 3.10. The Bertz CT molecular complexity index is 781. The van der Waals surface area contributed by atoms with Gasteiger partial charge in [-0.05, 0) is 18.9 Å². The Balaban J connectivity index is 1.89. The summed E-state index contributed by atoms with van der Waals surface area (Å²) in [5, 5.41) is 5.62. The maximum absolute atomic E-state index is 5.54. The fraction of sp³-hybridized carbons (Fsp3) is 0.529. The summed E-state index contributed by atoms with van der Waals surface area (Å²) < 4.78 is 7.85. The lowest BCUT2D eigenvalue weighted by molar-refractivity contribution is 0.337. The fourth-order valence-corrected chi connectivity index (χ4v) is 3.72.